The zero-order valence-electron chi connectivity index (χ0n) is 15.8. The Morgan fingerprint density at radius 2 is 1.41 bits per heavy atom. The summed E-state index contributed by atoms with van der Waals surface area (Å²) in [5.74, 6) is 0.262. The third kappa shape index (κ3) is 1.63. The highest BCUT2D eigenvalue weighted by atomic mass is 16.3. The Labute approximate surface area is 167 Å². The SMILES string of the molecule is [B]c1ccc2c3ccc(O)cc3n3c4cccc5c4c4c(cccc4n5C)c1c23. The summed E-state index contributed by atoms with van der Waals surface area (Å²) >= 11 is 0. The number of aromatic nitrogens is 2. The molecule has 3 heterocycles. The highest BCUT2D eigenvalue weighted by molar-refractivity contribution is 6.45. The van der Waals surface area contributed by atoms with Crippen LogP contribution in [0.4, 0.5) is 0 Å². The van der Waals surface area contributed by atoms with Gasteiger partial charge in [-0.2, -0.15) is 0 Å². The maximum absolute atomic E-state index is 10.3. The van der Waals surface area contributed by atoms with Crippen LogP contribution in [0, 0.1) is 0 Å². The molecule has 0 amide bonds. The van der Waals surface area contributed by atoms with Gasteiger partial charge in [0.1, 0.15) is 13.6 Å². The van der Waals surface area contributed by atoms with Crippen molar-refractivity contribution in [2.24, 2.45) is 7.05 Å². The second kappa shape index (κ2) is 4.84. The molecule has 0 unspecified atom stereocenters. The van der Waals surface area contributed by atoms with E-state index in [1.807, 2.05) is 18.2 Å². The summed E-state index contributed by atoms with van der Waals surface area (Å²) in [5, 5.41) is 17.2. The summed E-state index contributed by atoms with van der Waals surface area (Å²) in [6.07, 6.45) is 0. The van der Waals surface area contributed by atoms with Crippen LogP contribution in [0.2, 0.25) is 0 Å². The standard InChI is InChI=1S/C25H15BN2O/c1-27-18-5-2-4-16-22-17(26)11-10-15-14-9-8-13(29)12-21(14)28(25(15)22)20-7-3-6-19(27)24(20)23(16)18/h2-12,29H,1H3. The molecule has 0 saturated carbocycles. The molecule has 134 valence electrons. The van der Waals surface area contributed by atoms with E-state index in [1.165, 1.54) is 21.8 Å². The molecule has 0 saturated heterocycles. The number of hydrogen-bond donors (Lipinski definition) is 1. The van der Waals surface area contributed by atoms with Crippen molar-refractivity contribution in [1.29, 1.82) is 0 Å². The Balaban J connectivity index is 2.05. The summed E-state index contributed by atoms with van der Waals surface area (Å²) in [7, 11) is 8.71. The maximum Gasteiger partial charge on any atom is 0.117 e. The van der Waals surface area contributed by atoms with Gasteiger partial charge >= 0.3 is 0 Å². The minimum Gasteiger partial charge on any atom is -0.508 e. The number of aromatic hydroxyl groups is 1. The molecule has 29 heavy (non-hydrogen) atoms. The third-order valence-electron chi connectivity index (χ3n) is 6.49. The van der Waals surface area contributed by atoms with Gasteiger partial charge in [-0.3, -0.25) is 0 Å². The van der Waals surface area contributed by atoms with Crippen LogP contribution in [-0.4, -0.2) is 21.9 Å². The molecule has 7 aromatic rings. The van der Waals surface area contributed by atoms with Gasteiger partial charge in [-0.25, -0.2) is 0 Å². The summed E-state index contributed by atoms with van der Waals surface area (Å²) in [6, 6.07) is 22.6. The first-order valence-electron chi connectivity index (χ1n) is 9.71. The van der Waals surface area contributed by atoms with Crippen molar-refractivity contribution in [2.45, 2.75) is 0 Å². The predicted octanol–water partition coefficient (Wildman–Crippen LogP) is 4.98. The van der Waals surface area contributed by atoms with Crippen molar-refractivity contribution in [3.63, 3.8) is 0 Å². The van der Waals surface area contributed by atoms with Crippen molar-refractivity contribution in [2.75, 3.05) is 0 Å². The average molecular weight is 370 g/mol. The molecule has 4 heteroatoms. The van der Waals surface area contributed by atoms with Crippen LogP contribution in [0.1, 0.15) is 0 Å². The Hall–Kier alpha value is -3.66. The number of nitrogens with zero attached hydrogens (tertiary/aromatic N) is 2. The van der Waals surface area contributed by atoms with Crippen LogP contribution in [-0.2, 0) is 7.05 Å². The van der Waals surface area contributed by atoms with Gasteiger partial charge in [0.2, 0.25) is 0 Å². The largest absolute Gasteiger partial charge is 0.508 e. The normalized spacial score (nSPS) is 12.6. The summed E-state index contributed by atoms with van der Waals surface area (Å²) in [4.78, 5) is 0. The van der Waals surface area contributed by atoms with Crippen LogP contribution in [0.15, 0.2) is 66.7 Å². The van der Waals surface area contributed by atoms with Gasteiger partial charge in [-0.1, -0.05) is 35.8 Å². The summed E-state index contributed by atoms with van der Waals surface area (Å²) in [5.41, 5.74) is 6.36. The van der Waals surface area contributed by atoms with Crippen LogP contribution < -0.4 is 5.46 Å². The van der Waals surface area contributed by atoms with E-state index in [0.29, 0.717) is 0 Å². The third-order valence-corrected chi connectivity index (χ3v) is 6.49. The van der Waals surface area contributed by atoms with Crippen molar-refractivity contribution < 1.29 is 5.11 Å². The number of phenolic OH excluding ortho intramolecular Hbond substituents is 1. The molecule has 0 aliphatic rings. The fourth-order valence-corrected chi connectivity index (χ4v) is 5.31. The van der Waals surface area contributed by atoms with Crippen LogP contribution in [0.5, 0.6) is 5.75 Å². The van der Waals surface area contributed by atoms with Crippen molar-refractivity contribution in [1.82, 2.24) is 8.97 Å². The molecule has 3 aromatic heterocycles. The van der Waals surface area contributed by atoms with E-state index in [-0.39, 0.29) is 5.75 Å². The van der Waals surface area contributed by atoms with E-state index < -0.39 is 0 Å². The smallest absolute Gasteiger partial charge is 0.117 e. The van der Waals surface area contributed by atoms with E-state index >= 15 is 0 Å². The van der Waals surface area contributed by atoms with Gasteiger partial charge in [0.15, 0.2) is 0 Å². The molecule has 3 nitrogen and oxygen atoms in total. The predicted molar refractivity (Wildman–Crippen MR) is 122 cm³/mol. The monoisotopic (exact) mass is 370 g/mol. The van der Waals surface area contributed by atoms with Crippen LogP contribution >= 0.6 is 0 Å². The second-order valence-electron chi connectivity index (χ2n) is 7.89. The summed E-state index contributed by atoms with van der Waals surface area (Å²) < 4.78 is 4.53. The highest BCUT2D eigenvalue weighted by Gasteiger charge is 2.20. The van der Waals surface area contributed by atoms with Crippen molar-refractivity contribution >= 4 is 73.2 Å². The number of hydrogen-bond acceptors (Lipinski definition) is 1. The van der Waals surface area contributed by atoms with Gasteiger partial charge in [0.25, 0.3) is 0 Å². The minimum absolute atomic E-state index is 0.262. The lowest BCUT2D eigenvalue weighted by atomic mass is 9.88. The first-order valence-corrected chi connectivity index (χ1v) is 9.71. The zero-order valence-corrected chi connectivity index (χ0v) is 15.8. The Bertz CT molecular complexity index is 1790. The maximum atomic E-state index is 10.3. The Kier molecular flexibility index (Phi) is 2.55. The quantitative estimate of drug-likeness (QED) is 0.375. The zero-order chi connectivity index (χ0) is 19.4. The fraction of sp³-hybridized carbons (Fsp3) is 0.0400. The number of phenols is 1. The highest BCUT2D eigenvalue weighted by Crippen LogP contribution is 2.42. The Morgan fingerprint density at radius 1 is 0.690 bits per heavy atom. The molecular formula is C25H15BN2O. The van der Waals surface area contributed by atoms with Crippen LogP contribution in [0.25, 0.3) is 59.9 Å². The lowest BCUT2D eigenvalue weighted by molar-refractivity contribution is 0.476. The molecule has 0 aliphatic heterocycles. The molecule has 0 fully saturated rings. The number of fused-ring (bicyclic) bond motifs is 5. The molecule has 2 radical (unpaired) electrons. The lowest BCUT2D eigenvalue weighted by Crippen LogP contribution is -2.03. The topological polar surface area (TPSA) is 29.6 Å². The number of benzene rings is 4. The van der Waals surface area contributed by atoms with Gasteiger partial charge in [-0.05, 0) is 35.7 Å². The molecule has 0 atom stereocenters. The number of aryl methyl sites for hydroxylation is 1. The first kappa shape index (κ1) is 15.3. The fourth-order valence-electron chi connectivity index (χ4n) is 5.31. The molecule has 7 rings (SSSR count). The van der Waals surface area contributed by atoms with E-state index in [4.69, 9.17) is 7.85 Å². The van der Waals surface area contributed by atoms with Gasteiger partial charge < -0.3 is 14.1 Å². The van der Waals surface area contributed by atoms with Gasteiger partial charge in [0, 0.05) is 45.6 Å². The molecular weight excluding hydrogens is 355 g/mol. The number of rotatable bonds is 0. The molecule has 4 aromatic carbocycles. The van der Waals surface area contributed by atoms with E-state index in [9.17, 15) is 5.11 Å². The minimum atomic E-state index is 0.262. The van der Waals surface area contributed by atoms with E-state index in [1.54, 1.807) is 6.07 Å². The molecule has 0 aliphatic carbocycles. The Morgan fingerprint density at radius 3 is 2.28 bits per heavy atom. The van der Waals surface area contributed by atoms with Gasteiger partial charge in [0.05, 0.1) is 22.1 Å². The molecule has 0 bridgehead atoms. The molecule has 0 spiro atoms. The van der Waals surface area contributed by atoms with E-state index in [2.05, 4.69) is 58.5 Å². The summed E-state index contributed by atoms with van der Waals surface area (Å²) in [6.45, 7) is 0. The van der Waals surface area contributed by atoms with E-state index in [0.717, 1.165) is 43.6 Å². The van der Waals surface area contributed by atoms with Crippen molar-refractivity contribution in [3.05, 3.63) is 66.7 Å². The first-order chi connectivity index (χ1) is 14.1. The lowest BCUT2D eigenvalue weighted by Gasteiger charge is -2.06. The van der Waals surface area contributed by atoms with Gasteiger partial charge in [-0.15, -0.1) is 0 Å². The molecule has 1 N–H and O–H groups in total. The van der Waals surface area contributed by atoms with Crippen LogP contribution in [0.3, 0.4) is 0 Å². The van der Waals surface area contributed by atoms with Crippen molar-refractivity contribution in [3.8, 4) is 5.75 Å². The second-order valence-corrected chi connectivity index (χ2v) is 7.89. The average Bonchev–Trinajstić information content (AvgIpc) is 3.15.